The van der Waals surface area contributed by atoms with Crippen LogP contribution in [0, 0.1) is 13.8 Å². The second-order valence-electron chi connectivity index (χ2n) is 17.8. The first-order valence-corrected chi connectivity index (χ1v) is 24.4. The fourth-order valence-corrected chi connectivity index (χ4v) is 8.09. The van der Waals surface area contributed by atoms with Gasteiger partial charge in [0.25, 0.3) is 0 Å². The summed E-state index contributed by atoms with van der Waals surface area (Å²) in [6, 6.07) is 39.8. The number of alkyl halides is 6. The molecular formula is C62H50F6N4O10. The summed E-state index contributed by atoms with van der Waals surface area (Å²) in [5.41, 5.74) is 31.9. The molecule has 14 nitrogen and oxygen atoms in total. The fourth-order valence-electron chi connectivity index (χ4n) is 8.09. The average molecular weight is 1130 g/mol. The topological polar surface area (TPSA) is 228 Å². The SMILES string of the molecule is COc1cc(C(=O)Oc2ccc(/C=C/C(=O)c3cc(N)ccc3-c3ccc(N)c(C)c3C(=O)/C=C/c3ccc(OC(=O)c4ccc(OC(F)(F)F)c(OC)c4)cc3)cc2)ccc1OC(F)(F)F.Cc1cc(N)ccc1-c1ccc(N)cc1. The van der Waals surface area contributed by atoms with Gasteiger partial charge in [0.15, 0.2) is 34.6 Å². The molecule has 0 atom stereocenters. The smallest absolute Gasteiger partial charge is 0.493 e. The molecule has 0 aliphatic heterocycles. The molecule has 8 rings (SSSR count). The molecule has 0 amide bonds. The number of hydrogen-bond donors (Lipinski definition) is 4. The first-order chi connectivity index (χ1) is 38.9. The van der Waals surface area contributed by atoms with Crippen LogP contribution in [0.4, 0.5) is 49.1 Å². The van der Waals surface area contributed by atoms with E-state index < -0.39 is 47.7 Å². The molecule has 0 bridgehead atoms. The average Bonchev–Trinajstić information content (AvgIpc) is 3.30. The van der Waals surface area contributed by atoms with Crippen LogP contribution in [0.25, 0.3) is 34.4 Å². The summed E-state index contributed by atoms with van der Waals surface area (Å²) in [5, 5.41) is 0. The first-order valence-electron chi connectivity index (χ1n) is 24.4. The number of nitrogen functional groups attached to an aromatic ring is 4. The number of esters is 2. The second kappa shape index (κ2) is 25.5. The highest BCUT2D eigenvalue weighted by molar-refractivity contribution is 6.16. The van der Waals surface area contributed by atoms with Crippen molar-refractivity contribution in [3.63, 3.8) is 0 Å². The monoisotopic (exact) mass is 1120 g/mol. The van der Waals surface area contributed by atoms with Crippen LogP contribution in [0.1, 0.15) is 63.7 Å². The maximum absolute atomic E-state index is 13.9. The van der Waals surface area contributed by atoms with Crippen LogP contribution in [-0.2, 0) is 0 Å². The molecular weight excluding hydrogens is 1070 g/mol. The fraction of sp³-hybridized carbons (Fsp3) is 0.0968. The quantitative estimate of drug-likeness (QED) is 0.0176. The van der Waals surface area contributed by atoms with Crippen LogP contribution in [0.2, 0.25) is 0 Å². The molecule has 0 fully saturated rings. The lowest BCUT2D eigenvalue weighted by molar-refractivity contribution is -0.276. The molecule has 0 unspecified atom stereocenters. The van der Waals surface area contributed by atoms with Crippen molar-refractivity contribution in [2.24, 2.45) is 0 Å². The van der Waals surface area contributed by atoms with Crippen molar-refractivity contribution in [1.29, 1.82) is 0 Å². The van der Waals surface area contributed by atoms with Crippen LogP contribution >= 0.6 is 0 Å². The van der Waals surface area contributed by atoms with Gasteiger partial charge < -0.3 is 51.4 Å². The summed E-state index contributed by atoms with van der Waals surface area (Å²) in [6.45, 7) is 3.72. The van der Waals surface area contributed by atoms with Crippen LogP contribution in [0.15, 0.2) is 170 Å². The molecule has 0 saturated carbocycles. The predicted molar refractivity (Wildman–Crippen MR) is 300 cm³/mol. The number of ketones is 2. The number of allylic oxidation sites excluding steroid dienone is 2. The van der Waals surface area contributed by atoms with Crippen LogP contribution in [0.5, 0.6) is 34.5 Å². The van der Waals surface area contributed by atoms with E-state index in [0.29, 0.717) is 33.5 Å². The molecule has 8 N–H and O–H groups in total. The second-order valence-corrected chi connectivity index (χ2v) is 17.8. The van der Waals surface area contributed by atoms with Gasteiger partial charge in [-0.15, -0.1) is 26.3 Å². The molecule has 8 aromatic rings. The number of aryl methyl sites for hydroxylation is 1. The minimum Gasteiger partial charge on any atom is -0.493 e. The number of halogens is 6. The van der Waals surface area contributed by atoms with Crippen molar-refractivity contribution in [1.82, 2.24) is 0 Å². The third-order valence-electron chi connectivity index (χ3n) is 12.1. The summed E-state index contributed by atoms with van der Waals surface area (Å²) in [7, 11) is 2.23. The third kappa shape index (κ3) is 15.6. The standard InChI is InChI=1S/C49H36F6N2O10.C13H14N2/c1-27-38(57)19-18-36(45(27)40(59)21-9-29-6-15-34(16-7-29)65-47(61)31-11-23-42(44(25-31)63-3)67-49(53,54)55)35-17-12-32(56)26-37(35)39(58)20-8-28-4-13-33(14-5-28)64-46(60)30-10-22-41(43(24-30)62-2)66-48(50,51)52;1-9-8-12(15)6-7-13(9)10-2-4-11(14)5-3-10/h4-26H,56-57H2,1-3H3;2-8H,14-15H2,1H3/b20-8+,21-9+;. The highest BCUT2D eigenvalue weighted by Gasteiger charge is 2.34. The summed E-state index contributed by atoms with van der Waals surface area (Å²) >= 11 is 0. The Morgan fingerprint density at radius 2 is 0.890 bits per heavy atom. The molecule has 8 aromatic carbocycles. The lowest BCUT2D eigenvalue weighted by Crippen LogP contribution is -2.18. The van der Waals surface area contributed by atoms with Gasteiger partial charge in [-0.3, -0.25) is 9.59 Å². The predicted octanol–water partition coefficient (Wildman–Crippen LogP) is 13.7. The Balaban J connectivity index is 0.000000554. The Hall–Kier alpha value is -10.5. The van der Waals surface area contributed by atoms with E-state index in [1.54, 1.807) is 55.5 Å². The zero-order valence-corrected chi connectivity index (χ0v) is 44.0. The van der Waals surface area contributed by atoms with E-state index in [0.717, 1.165) is 62.0 Å². The minimum atomic E-state index is -4.97. The molecule has 0 aromatic heterocycles. The summed E-state index contributed by atoms with van der Waals surface area (Å²) < 4.78 is 105. The van der Waals surface area contributed by atoms with Gasteiger partial charge in [-0.1, -0.05) is 66.7 Å². The largest absolute Gasteiger partial charge is 0.573 e. The molecule has 0 heterocycles. The van der Waals surface area contributed by atoms with Crippen molar-refractivity contribution in [2.45, 2.75) is 26.6 Å². The van der Waals surface area contributed by atoms with E-state index >= 15 is 0 Å². The molecule has 0 aliphatic rings. The van der Waals surface area contributed by atoms with Crippen molar-refractivity contribution in [3.8, 4) is 56.8 Å². The van der Waals surface area contributed by atoms with Crippen LogP contribution in [-0.4, -0.2) is 50.4 Å². The number of benzene rings is 8. The van der Waals surface area contributed by atoms with Gasteiger partial charge in [-0.05, 0) is 174 Å². The normalized spacial score (nSPS) is 11.3. The van der Waals surface area contributed by atoms with Crippen molar-refractivity contribution >= 4 is 58.4 Å². The Morgan fingerprint density at radius 1 is 0.451 bits per heavy atom. The van der Waals surface area contributed by atoms with Gasteiger partial charge in [0.2, 0.25) is 0 Å². The third-order valence-corrected chi connectivity index (χ3v) is 12.1. The molecule has 82 heavy (non-hydrogen) atoms. The highest BCUT2D eigenvalue weighted by atomic mass is 19.4. The zero-order chi connectivity index (χ0) is 59.5. The van der Waals surface area contributed by atoms with Crippen LogP contribution in [0.3, 0.4) is 0 Å². The number of ether oxygens (including phenoxy) is 6. The Kier molecular flexibility index (Phi) is 18.4. The summed E-state index contributed by atoms with van der Waals surface area (Å²) in [6.07, 6.45) is -4.32. The Bertz CT molecular complexity index is 3730. The van der Waals surface area contributed by atoms with E-state index in [2.05, 4.69) is 16.4 Å². The van der Waals surface area contributed by atoms with Crippen molar-refractivity contribution < 1.29 is 73.9 Å². The van der Waals surface area contributed by atoms with Crippen LogP contribution < -0.4 is 51.4 Å². The number of methoxy groups -OCH3 is 2. The van der Waals surface area contributed by atoms with Crippen molar-refractivity contribution in [2.75, 3.05) is 37.2 Å². The summed E-state index contributed by atoms with van der Waals surface area (Å²) in [4.78, 5) is 53.3. The maximum atomic E-state index is 13.9. The maximum Gasteiger partial charge on any atom is 0.573 e. The number of hydrogen-bond acceptors (Lipinski definition) is 14. The van der Waals surface area contributed by atoms with E-state index in [4.69, 9.17) is 41.9 Å². The molecule has 420 valence electrons. The van der Waals surface area contributed by atoms with Gasteiger partial charge in [0.1, 0.15) is 11.5 Å². The Labute approximate surface area is 465 Å². The number of rotatable bonds is 16. The number of anilines is 4. The van der Waals surface area contributed by atoms with Gasteiger partial charge in [-0.2, -0.15) is 0 Å². The van der Waals surface area contributed by atoms with E-state index in [9.17, 15) is 45.5 Å². The Morgan fingerprint density at radius 3 is 1.35 bits per heavy atom. The number of carbonyl (C=O) groups is 4. The van der Waals surface area contributed by atoms with E-state index in [-0.39, 0.29) is 50.9 Å². The zero-order valence-electron chi connectivity index (χ0n) is 44.0. The number of nitrogens with two attached hydrogens (primary N) is 4. The van der Waals surface area contributed by atoms with Gasteiger partial charge in [0.05, 0.1) is 25.3 Å². The van der Waals surface area contributed by atoms with Gasteiger partial charge >= 0.3 is 24.7 Å². The first kappa shape index (κ1) is 59.2. The minimum absolute atomic E-state index is 0.0964. The highest BCUT2D eigenvalue weighted by Crippen LogP contribution is 2.37. The molecule has 0 radical (unpaired) electrons. The van der Waals surface area contributed by atoms with E-state index in [1.165, 1.54) is 71.3 Å². The number of carbonyl (C=O) groups excluding carboxylic acids is 4. The van der Waals surface area contributed by atoms with Gasteiger partial charge in [0, 0.05) is 33.9 Å². The van der Waals surface area contributed by atoms with E-state index in [1.807, 2.05) is 42.5 Å². The lowest BCUT2D eigenvalue weighted by atomic mass is 9.88. The molecule has 0 spiro atoms. The van der Waals surface area contributed by atoms with Crippen molar-refractivity contribution in [3.05, 3.63) is 214 Å². The summed E-state index contributed by atoms with van der Waals surface area (Å²) in [5.74, 6) is -4.45. The molecule has 20 heteroatoms. The lowest BCUT2D eigenvalue weighted by Gasteiger charge is -2.16. The van der Waals surface area contributed by atoms with Gasteiger partial charge in [-0.25, -0.2) is 9.59 Å². The molecule has 0 aliphatic carbocycles. The molecule has 0 saturated heterocycles.